The summed E-state index contributed by atoms with van der Waals surface area (Å²) in [5, 5.41) is 11.4. The van der Waals surface area contributed by atoms with Crippen LogP contribution in [0, 0.1) is 0 Å². The lowest BCUT2D eigenvalue weighted by atomic mass is 9.89. The van der Waals surface area contributed by atoms with E-state index < -0.39 is 7.60 Å². The Bertz CT molecular complexity index is 1330. The average Bonchev–Trinajstić information content (AvgIpc) is 3.28. The highest BCUT2D eigenvalue weighted by Crippen LogP contribution is 2.56. The molecule has 0 unspecified atom stereocenters. The smallest absolute Gasteiger partial charge is 0.368 e. The van der Waals surface area contributed by atoms with E-state index in [0.717, 1.165) is 40.7 Å². The second-order valence-corrected chi connectivity index (χ2v) is 12.5. The van der Waals surface area contributed by atoms with Crippen molar-refractivity contribution in [2.24, 2.45) is 0 Å². The Morgan fingerprint density at radius 3 is 2.69 bits per heavy atom. The Balaban J connectivity index is 1.31. The molecule has 2 aliphatic rings. The molecule has 0 spiro atoms. The molecule has 190 valence electrons. The van der Waals surface area contributed by atoms with Gasteiger partial charge in [-0.2, -0.15) is 0 Å². The molecule has 1 saturated heterocycles. The number of hydrogen-bond acceptors (Lipinski definition) is 5. The summed E-state index contributed by atoms with van der Waals surface area (Å²) in [6, 6.07) is 16.9. The van der Waals surface area contributed by atoms with Crippen molar-refractivity contribution in [3.05, 3.63) is 92.5 Å². The van der Waals surface area contributed by atoms with Gasteiger partial charge in [-0.25, -0.2) is 0 Å². The lowest BCUT2D eigenvalue weighted by Gasteiger charge is -2.30. The largest absolute Gasteiger partial charge is 0.508 e. The lowest BCUT2D eigenvalue weighted by Crippen LogP contribution is -2.17. The van der Waals surface area contributed by atoms with Crippen LogP contribution in [0.2, 0.25) is 10.0 Å². The van der Waals surface area contributed by atoms with Crippen LogP contribution in [0.25, 0.3) is 0 Å². The Labute approximate surface area is 221 Å². The molecular formula is C28H29Cl2O5P. The van der Waals surface area contributed by atoms with Crippen molar-refractivity contribution >= 4 is 30.8 Å². The van der Waals surface area contributed by atoms with E-state index in [4.69, 9.17) is 37.0 Å². The number of rotatable bonds is 6. The quantitative estimate of drug-likeness (QED) is 0.313. The molecular weight excluding hydrogens is 518 g/mol. The molecule has 3 aromatic carbocycles. The molecule has 1 heterocycles. The van der Waals surface area contributed by atoms with Gasteiger partial charge in [-0.3, -0.25) is 9.09 Å². The summed E-state index contributed by atoms with van der Waals surface area (Å²) < 4.78 is 30.6. The summed E-state index contributed by atoms with van der Waals surface area (Å²) in [6.07, 6.45) is 1.81. The zero-order valence-corrected chi connectivity index (χ0v) is 22.7. The van der Waals surface area contributed by atoms with Gasteiger partial charge in [-0.05, 0) is 76.9 Å². The second-order valence-electron chi connectivity index (χ2n) is 9.70. The van der Waals surface area contributed by atoms with E-state index >= 15 is 0 Å². The molecule has 3 aromatic rings. The third kappa shape index (κ3) is 5.32. The van der Waals surface area contributed by atoms with E-state index in [1.165, 1.54) is 0 Å². The van der Waals surface area contributed by atoms with Crippen LogP contribution in [-0.2, 0) is 20.0 Å². The fraction of sp³-hybridized carbons (Fsp3) is 0.357. The standard InChI is InChI=1S/C28H29Cl2O5P/c1-17(2)24-14-18(7-9-26(24)31)23-8-6-20-13-22(15-25(30)28(20)23)33-16-36(32)34-11-10-27(35-36)19-4-3-5-21(29)12-19/h3-5,7,9,12-15,17,23,27,31H,6,8,10-11,16H2,1-2H3/t23-,27+,36+/m1/s1. The van der Waals surface area contributed by atoms with Crippen molar-refractivity contribution < 1.29 is 23.5 Å². The van der Waals surface area contributed by atoms with Gasteiger partial charge in [0, 0.05) is 22.4 Å². The number of aromatic hydroxyl groups is 1. The first-order chi connectivity index (χ1) is 17.2. The number of phenols is 1. The second kappa shape index (κ2) is 10.4. The Hall–Kier alpha value is -2.01. The van der Waals surface area contributed by atoms with Gasteiger partial charge >= 0.3 is 7.60 Å². The van der Waals surface area contributed by atoms with Crippen molar-refractivity contribution in [3.63, 3.8) is 0 Å². The zero-order chi connectivity index (χ0) is 25.4. The highest BCUT2D eigenvalue weighted by atomic mass is 35.5. The van der Waals surface area contributed by atoms with Crippen LogP contribution in [0.3, 0.4) is 0 Å². The maximum Gasteiger partial charge on any atom is 0.368 e. The molecule has 0 aromatic heterocycles. The van der Waals surface area contributed by atoms with Crippen LogP contribution in [0.5, 0.6) is 11.5 Å². The topological polar surface area (TPSA) is 65.0 Å². The summed E-state index contributed by atoms with van der Waals surface area (Å²) in [6.45, 7) is 4.45. The number of hydrogen-bond donors (Lipinski definition) is 1. The van der Waals surface area contributed by atoms with Gasteiger partial charge in [0.05, 0.1) is 12.7 Å². The summed E-state index contributed by atoms with van der Waals surface area (Å²) in [5.41, 5.74) is 5.15. The minimum atomic E-state index is -3.46. The molecule has 1 fully saturated rings. The van der Waals surface area contributed by atoms with Crippen molar-refractivity contribution in [3.8, 4) is 11.5 Å². The minimum Gasteiger partial charge on any atom is -0.508 e. The minimum absolute atomic E-state index is 0.154. The van der Waals surface area contributed by atoms with Crippen LogP contribution >= 0.6 is 30.8 Å². The summed E-state index contributed by atoms with van der Waals surface area (Å²) in [5.74, 6) is 1.24. The van der Waals surface area contributed by atoms with Gasteiger partial charge in [0.2, 0.25) is 0 Å². The highest BCUT2D eigenvalue weighted by Gasteiger charge is 2.36. The Morgan fingerprint density at radius 1 is 1.08 bits per heavy atom. The molecule has 0 radical (unpaired) electrons. The molecule has 8 heteroatoms. The number of halogens is 2. The SMILES string of the molecule is CC(C)c1cc([C@H]2CCc3cc(OC[P@]4(=O)OCC[C@@H](c5cccc(Cl)c5)O4)cc(Cl)c32)ccc1O. The third-order valence-electron chi connectivity index (χ3n) is 6.88. The first kappa shape index (κ1) is 25.6. The highest BCUT2D eigenvalue weighted by molar-refractivity contribution is 7.53. The predicted octanol–water partition coefficient (Wildman–Crippen LogP) is 8.61. The van der Waals surface area contributed by atoms with Gasteiger partial charge in [0.25, 0.3) is 0 Å². The van der Waals surface area contributed by atoms with E-state index in [1.807, 2.05) is 30.3 Å². The van der Waals surface area contributed by atoms with Gasteiger partial charge in [-0.15, -0.1) is 0 Å². The first-order valence-electron chi connectivity index (χ1n) is 12.2. The number of ether oxygens (including phenoxy) is 1. The normalized spacial score (nSPS) is 23.6. The van der Waals surface area contributed by atoms with Gasteiger partial charge < -0.3 is 14.4 Å². The fourth-order valence-electron chi connectivity index (χ4n) is 5.09. The van der Waals surface area contributed by atoms with Gasteiger partial charge in [-0.1, -0.05) is 61.3 Å². The van der Waals surface area contributed by atoms with Crippen molar-refractivity contribution in [1.82, 2.24) is 0 Å². The average molecular weight is 547 g/mol. The Kier molecular flexibility index (Phi) is 7.40. The van der Waals surface area contributed by atoms with E-state index in [9.17, 15) is 9.67 Å². The van der Waals surface area contributed by atoms with E-state index in [1.54, 1.807) is 18.2 Å². The number of phenolic OH excluding ortho intramolecular Hbond substituents is 1. The van der Waals surface area contributed by atoms with Crippen LogP contribution in [0.15, 0.2) is 54.6 Å². The first-order valence-corrected chi connectivity index (χ1v) is 14.7. The van der Waals surface area contributed by atoms with E-state index in [2.05, 4.69) is 19.9 Å². The summed E-state index contributed by atoms with van der Waals surface area (Å²) in [7, 11) is -3.46. The van der Waals surface area contributed by atoms with E-state index in [0.29, 0.717) is 34.6 Å². The molecule has 5 nitrogen and oxygen atoms in total. The van der Waals surface area contributed by atoms with Crippen molar-refractivity contribution in [1.29, 1.82) is 0 Å². The molecule has 3 atom stereocenters. The maximum absolute atomic E-state index is 13.3. The van der Waals surface area contributed by atoms with Crippen LogP contribution in [0.1, 0.15) is 72.4 Å². The molecule has 1 aliphatic carbocycles. The molecule has 36 heavy (non-hydrogen) atoms. The zero-order valence-electron chi connectivity index (χ0n) is 20.2. The van der Waals surface area contributed by atoms with Crippen LogP contribution in [-0.4, -0.2) is 18.1 Å². The molecule has 5 rings (SSSR count). The van der Waals surface area contributed by atoms with Crippen LogP contribution < -0.4 is 4.74 Å². The van der Waals surface area contributed by atoms with Gasteiger partial charge in [0.1, 0.15) is 11.5 Å². The van der Waals surface area contributed by atoms with Crippen molar-refractivity contribution in [2.75, 3.05) is 13.0 Å². The summed E-state index contributed by atoms with van der Waals surface area (Å²) in [4.78, 5) is 0. The predicted molar refractivity (Wildman–Crippen MR) is 143 cm³/mol. The molecule has 1 N–H and O–H groups in total. The number of fused-ring (bicyclic) bond motifs is 1. The lowest BCUT2D eigenvalue weighted by molar-refractivity contribution is 0.0725. The van der Waals surface area contributed by atoms with E-state index in [-0.39, 0.29) is 24.3 Å². The molecule has 1 aliphatic heterocycles. The van der Waals surface area contributed by atoms with Gasteiger partial charge in [0.15, 0.2) is 6.35 Å². The Morgan fingerprint density at radius 2 is 1.92 bits per heavy atom. The monoisotopic (exact) mass is 546 g/mol. The van der Waals surface area contributed by atoms with Crippen molar-refractivity contribution in [2.45, 2.75) is 51.0 Å². The number of aryl methyl sites for hydroxylation is 1. The van der Waals surface area contributed by atoms with Crippen LogP contribution in [0.4, 0.5) is 0 Å². The third-order valence-corrected chi connectivity index (χ3v) is 9.03. The molecule has 0 saturated carbocycles. The molecule has 0 amide bonds. The summed E-state index contributed by atoms with van der Waals surface area (Å²) >= 11 is 12.9. The maximum atomic E-state index is 13.3. The number of benzene rings is 3. The fourth-order valence-corrected chi connectivity index (χ4v) is 7.15. The molecule has 0 bridgehead atoms.